The molecule has 1 aromatic carbocycles. The monoisotopic (exact) mass is 193 g/mol. The first-order chi connectivity index (χ1) is 6.29. The molecular formula is C10H8ClNO. The van der Waals surface area contributed by atoms with E-state index < -0.39 is 0 Å². The summed E-state index contributed by atoms with van der Waals surface area (Å²) in [5.74, 6) is 0.593. The molecule has 0 aromatic heterocycles. The third-order valence-corrected chi connectivity index (χ3v) is 1.84. The molecule has 0 aliphatic rings. The Kier molecular flexibility index (Phi) is 3.36. The lowest BCUT2D eigenvalue weighted by Crippen LogP contribution is -1.87. The molecule has 0 bridgehead atoms. The van der Waals surface area contributed by atoms with Gasteiger partial charge in [0.05, 0.1) is 18.2 Å². The maximum Gasteiger partial charge on any atom is 0.144 e. The van der Waals surface area contributed by atoms with Crippen molar-refractivity contribution in [1.82, 2.24) is 0 Å². The summed E-state index contributed by atoms with van der Waals surface area (Å²) >= 11 is 5.87. The molecule has 0 fully saturated rings. The van der Waals surface area contributed by atoms with Crippen LogP contribution in [0.15, 0.2) is 24.3 Å². The standard InChI is InChI=1S/C10H8ClNO/c1-13-10-8(5-3-7-12)4-2-6-9(10)11/h2-6H,1H3. The SMILES string of the molecule is COc1c(Cl)cccc1C=CC#N. The minimum atomic E-state index is 0.544. The molecule has 1 rings (SSSR count). The highest BCUT2D eigenvalue weighted by Crippen LogP contribution is 2.28. The predicted molar refractivity (Wildman–Crippen MR) is 52.7 cm³/mol. The highest BCUT2D eigenvalue weighted by atomic mass is 35.5. The van der Waals surface area contributed by atoms with Gasteiger partial charge in [-0.15, -0.1) is 0 Å². The summed E-state index contributed by atoms with van der Waals surface area (Å²) in [7, 11) is 1.55. The Labute approximate surface area is 82.0 Å². The lowest BCUT2D eigenvalue weighted by Gasteiger charge is -2.05. The number of methoxy groups -OCH3 is 1. The molecule has 2 nitrogen and oxygen atoms in total. The molecule has 0 amide bonds. The van der Waals surface area contributed by atoms with E-state index in [1.54, 1.807) is 19.3 Å². The largest absolute Gasteiger partial charge is 0.495 e. The van der Waals surface area contributed by atoms with Crippen molar-refractivity contribution < 1.29 is 4.74 Å². The van der Waals surface area contributed by atoms with Crippen LogP contribution in [-0.4, -0.2) is 7.11 Å². The van der Waals surface area contributed by atoms with Crippen molar-refractivity contribution in [1.29, 1.82) is 5.26 Å². The molecule has 0 spiro atoms. The number of allylic oxidation sites excluding steroid dienone is 1. The zero-order valence-corrected chi connectivity index (χ0v) is 7.88. The van der Waals surface area contributed by atoms with Crippen molar-refractivity contribution in [2.75, 3.05) is 7.11 Å². The van der Waals surface area contributed by atoms with Gasteiger partial charge in [0.2, 0.25) is 0 Å². The van der Waals surface area contributed by atoms with Gasteiger partial charge in [0.1, 0.15) is 5.75 Å². The third kappa shape index (κ3) is 2.24. The zero-order chi connectivity index (χ0) is 9.68. The van der Waals surface area contributed by atoms with Gasteiger partial charge in [0.15, 0.2) is 0 Å². The van der Waals surface area contributed by atoms with Gasteiger partial charge in [-0.25, -0.2) is 0 Å². The van der Waals surface area contributed by atoms with Crippen molar-refractivity contribution in [2.24, 2.45) is 0 Å². The molecular weight excluding hydrogens is 186 g/mol. The van der Waals surface area contributed by atoms with Gasteiger partial charge in [-0.2, -0.15) is 5.26 Å². The molecule has 0 saturated heterocycles. The number of ether oxygens (including phenoxy) is 1. The maximum absolute atomic E-state index is 8.35. The van der Waals surface area contributed by atoms with Crippen LogP contribution in [0, 0.1) is 11.3 Å². The van der Waals surface area contributed by atoms with E-state index in [0.29, 0.717) is 10.8 Å². The topological polar surface area (TPSA) is 33.0 Å². The van der Waals surface area contributed by atoms with E-state index in [2.05, 4.69) is 0 Å². The molecule has 0 atom stereocenters. The van der Waals surface area contributed by atoms with Crippen LogP contribution in [0.4, 0.5) is 0 Å². The summed E-state index contributed by atoms with van der Waals surface area (Å²) in [6, 6.07) is 7.29. The summed E-state index contributed by atoms with van der Waals surface area (Å²) in [5.41, 5.74) is 0.802. The summed E-state index contributed by atoms with van der Waals surface area (Å²) in [4.78, 5) is 0. The van der Waals surface area contributed by atoms with E-state index >= 15 is 0 Å². The highest BCUT2D eigenvalue weighted by Gasteiger charge is 2.03. The predicted octanol–water partition coefficient (Wildman–Crippen LogP) is 2.89. The van der Waals surface area contributed by atoms with Gasteiger partial charge in [-0.3, -0.25) is 0 Å². The Morgan fingerprint density at radius 2 is 2.31 bits per heavy atom. The van der Waals surface area contributed by atoms with E-state index in [0.717, 1.165) is 5.56 Å². The number of nitrogens with zero attached hydrogens (tertiary/aromatic N) is 1. The van der Waals surface area contributed by atoms with Gasteiger partial charge in [-0.1, -0.05) is 23.7 Å². The molecule has 13 heavy (non-hydrogen) atoms. The van der Waals surface area contributed by atoms with Crippen LogP contribution in [0.1, 0.15) is 5.56 Å². The molecule has 3 heteroatoms. The van der Waals surface area contributed by atoms with E-state index in [1.165, 1.54) is 6.08 Å². The van der Waals surface area contributed by atoms with Crippen LogP contribution in [0.5, 0.6) is 5.75 Å². The number of para-hydroxylation sites is 1. The van der Waals surface area contributed by atoms with E-state index in [9.17, 15) is 0 Å². The first-order valence-corrected chi connectivity index (χ1v) is 4.06. The van der Waals surface area contributed by atoms with Crippen molar-refractivity contribution in [3.63, 3.8) is 0 Å². The number of rotatable bonds is 2. The third-order valence-electron chi connectivity index (χ3n) is 1.54. The first-order valence-electron chi connectivity index (χ1n) is 3.68. The fourth-order valence-electron chi connectivity index (χ4n) is 0.999. The van der Waals surface area contributed by atoms with Crippen LogP contribution >= 0.6 is 11.6 Å². The van der Waals surface area contributed by atoms with Crippen molar-refractivity contribution in [3.8, 4) is 11.8 Å². The fourth-order valence-corrected chi connectivity index (χ4v) is 1.26. The van der Waals surface area contributed by atoms with Crippen molar-refractivity contribution >= 4 is 17.7 Å². The second-order valence-electron chi connectivity index (χ2n) is 2.32. The molecule has 0 heterocycles. The van der Waals surface area contributed by atoms with Crippen LogP contribution in [-0.2, 0) is 0 Å². The van der Waals surface area contributed by atoms with Crippen LogP contribution < -0.4 is 4.74 Å². The second-order valence-corrected chi connectivity index (χ2v) is 2.73. The normalized spacial score (nSPS) is 9.92. The van der Waals surface area contributed by atoms with Crippen LogP contribution in [0.3, 0.4) is 0 Å². The second kappa shape index (κ2) is 4.54. The maximum atomic E-state index is 8.35. The highest BCUT2D eigenvalue weighted by molar-refractivity contribution is 6.32. The molecule has 0 aliphatic heterocycles. The van der Waals surface area contributed by atoms with Crippen molar-refractivity contribution in [3.05, 3.63) is 34.9 Å². The number of hydrogen-bond acceptors (Lipinski definition) is 2. The number of benzene rings is 1. The smallest absolute Gasteiger partial charge is 0.144 e. The van der Waals surface area contributed by atoms with Gasteiger partial charge in [0, 0.05) is 11.6 Å². The average molecular weight is 194 g/mol. The summed E-state index contributed by atoms with van der Waals surface area (Å²) in [6.07, 6.45) is 3.04. The summed E-state index contributed by atoms with van der Waals surface area (Å²) in [6.45, 7) is 0. The van der Waals surface area contributed by atoms with Crippen LogP contribution in [0.2, 0.25) is 5.02 Å². The molecule has 1 aromatic rings. The molecule has 0 aliphatic carbocycles. The van der Waals surface area contributed by atoms with E-state index in [1.807, 2.05) is 18.2 Å². The molecule has 0 unspecified atom stereocenters. The van der Waals surface area contributed by atoms with Gasteiger partial charge >= 0.3 is 0 Å². The lowest BCUT2D eigenvalue weighted by molar-refractivity contribution is 0.414. The molecule has 66 valence electrons. The van der Waals surface area contributed by atoms with Gasteiger partial charge < -0.3 is 4.74 Å². The summed E-state index contributed by atoms with van der Waals surface area (Å²) in [5, 5.41) is 8.89. The Balaban J connectivity index is 3.14. The first kappa shape index (κ1) is 9.63. The Morgan fingerprint density at radius 3 is 2.92 bits per heavy atom. The molecule has 0 saturated carbocycles. The van der Waals surface area contributed by atoms with Crippen molar-refractivity contribution in [2.45, 2.75) is 0 Å². The molecule has 0 N–H and O–H groups in total. The average Bonchev–Trinajstić information content (AvgIpc) is 2.15. The van der Waals surface area contributed by atoms with E-state index in [4.69, 9.17) is 21.6 Å². The summed E-state index contributed by atoms with van der Waals surface area (Å²) < 4.78 is 5.08. The zero-order valence-electron chi connectivity index (χ0n) is 7.12. The Bertz CT molecular complexity index is 366. The minimum absolute atomic E-state index is 0.544. The lowest BCUT2D eigenvalue weighted by atomic mass is 10.2. The minimum Gasteiger partial charge on any atom is -0.495 e. The Morgan fingerprint density at radius 1 is 1.54 bits per heavy atom. The van der Waals surface area contributed by atoms with E-state index in [-0.39, 0.29) is 0 Å². The number of hydrogen-bond donors (Lipinski definition) is 0. The Hall–Kier alpha value is -1.46. The molecule has 0 radical (unpaired) electrons. The number of nitriles is 1. The number of halogens is 1. The van der Waals surface area contributed by atoms with Gasteiger partial charge in [0.25, 0.3) is 0 Å². The van der Waals surface area contributed by atoms with Crippen LogP contribution in [0.25, 0.3) is 6.08 Å². The van der Waals surface area contributed by atoms with Gasteiger partial charge in [-0.05, 0) is 12.1 Å². The quantitative estimate of drug-likeness (QED) is 0.677. The fraction of sp³-hybridized carbons (Fsp3) is 0.100.